The number of hydrogen-bond acceptors (Lipinski definition) is 5. The van der Waals surface area contributed by atoms with Crippen molar-refractivity contribution < 1.29 is 0 Å². The molecule has 0 spiro atoms. The first-order valence-electron chi connectivity index (χ1n) is 7.54. The second kappa shape index (κ2) is 6.08. The van der Waals surface area contributed by atoms with Gasteiger partial charge in [-0.25, -0.2) is 4.98 Å². The monoisotopic (exact) mass is 314 g/mol. The molecule has 1 N–H and O–H groups in total. The molecule has 1 aromatic rings. The standard InChI is InChI=1S/C17H22N4S/c1-5-10-22-14(4)19-13(3)21-15-8-9-20(11-15)16-7-6-12(2)18-17(16)21/h5-7,10,15,19H,3-4,8-9,11H2,1-2H3/b10-5-/t15-/m0/s1. The van der Waals surface area contributed by atoms with Crippen molar-refractivity contribution in [3.05, 3.63) is 53.3 Å². The van der Waals surface area contributed by atoms with E-state index in [4.69, 9.17) is 4.98 Å². The van der Waals surface area contributed by atoms with Crippen LogP contribution in [-0.4, -0.2) is 24.1 Å². The number of nitrogens with zero attached hydrogens (tertiary/aromatic N) is 3. The SMILES string of the molecule is C=C(NC(=C)N1c2nc(C)ccc2N2CC[C@H]1C2)S/C=C\C. The summed E-state index contributed by atoms with van der Waals surface area (Å²) in [6.45, 7) is 14.4. The van der Waals surface area contributed by atoms with E-state index in [-0.39, 0.29) is 0 Å². The lowest BCUT2D eigenvalue weighted by Gasteiger charge is -2.38. The quantitative estimate of drug-likeness (QED) is 0.898. The Hall–Kier alpha value is -1.88. The number of thioether (sulfide) groups is 1. The fraction of sp³-hybridized carbons (Fsp3) is 0.353. The van der Waals surface area contributed by atoms with Crippen molar-refractivity contribution >= 4 is 23.3 Å². The predicted octanol–water partition coefficient (Wildman–Crippen LogP) is 3.59. The summed E-state index contributed by atoms with van der Waals surface area (Å²) in [5.74, 6) is 1.86. The van der Waals surface area contributed by atoms with Crippen molar-refractivity contribution in [2.75, 3.05) is 22.9 Å². The molecule has 3 rings (SSSR count). The van der Waals surface area contributed by atoms with E-state index in [0.717, 1.165) is 41.9 Å². The summed E-state index contributed by atoms with van der Waals surface area (Å²) in [6.07, 6.45) is 3.13. The van der Waals surface area contributed by atoms with Gasteiger partial charge in [0.15, 0.2) is 5.82 Å². The second-order valence-corrected chi connectivity index (χ2v) is 6.64. The van der Waals surface area contributed by atoms with Gasteiger partial charge in [0.05, 0.1) is 16.8 Å². The van der Waals surface area contributed by atoms with E-state index < -0.39 is 0 Å². The van der Waals surface area contributed by atoms with Gasteiger partial charge in [0.1, 0.15) is 5.82 Å². The Morgan fingerprint density at radius 2 is 2.27 bits per heavy atom. The number of hydrogen-bond donors (Lipinski definition) is 1. The third-order valence-corrected chi connectivity index (χ3v) is 4.81. The maximum absolute atomic E-state index is 4.76. The topological polar surface area (TPSA) is 31.4 Å². The van der Waals surface area contributed by atoms with Crippen molar-refractivity contribution in [1.29, 1.82) is 0 Å². The minimum atomic E-state index is 0.432. The zero-order chi connectivity index (χ0) is 15.7. The normalized spacial score (nSPS) is 19.5. The molecule has 4 nitrogen and oxygen atoms in total. The van der Waals surface area contributed by atoms with Gasteiger partial charge in [-0.1, -0.05) is 31.0 Å². The Bertz CT molecular complexity index is 638. The maximum atomic E-state index is 4.76. The number of rotatable bonds is 5. The summed E-state index contributed by atoms with van der Waals surface area (Å²) in [4.78, 5) is 9.42. The number of allylic oxidation sites excluding steroid dienone is 1. The molecule has 2 bridgehead atoms. The highest BCUT2D eigenvalue weighted by Crippen LogP contribution is 2.40. The molecule has 1 saturated heterocycles. The van der Waals surface area contributed by atoms with Gasteiger partial charge in [-0.05, 0) is 37.8 Å². The highest BCUT2D eigenvalue weighted by Gasteiger charge is 2.38. The first-order chi connectivity index (χ1) is 10.6. The Balaban J connectivity index is 1.86. The van der Waals surface area contributed by atoms with Crippen molar-refractivity contribution in [3.63, 3.8) is 0 Å². The molecule has 3 heterocycles. The summed E-state index contributed by atoms with van der Waals surface area (Å²) in [5, 5.41) is 6.20. The van der Waals surface area contributed by atoms with Crippen molar-refractivity contribution in [2.45, 2.75) is 26.3 Å². The van der Waals surface area contributed by atoms with Gasteiger partial charge >= 0.3 is 0 Å². The molecule has 5 heteroatoms. The Morgan fingerprint density at radius 1 is 1.45 bits per heavy atom. The van der Waals surface area contributed by atoms with Crippen LogP contribution in [0, 0.1) is 6.92 Å². The number of nitrogens with one attached hydrogen (secondary N) is 1. The van der Waals surface area contributed by atoms with Crippen LogP contribution in [0.4, 0.5) is 11.5 Å². The van der Waals surface area contributed by atoms with Gasteiger partial charge < -0.3 is 15.1 Å². The molecular weight excluding hydrogens is 292 g/mol. The minimum Gasteiger partial charge on any atom is -0.366 e. The van der Waals surface area contributed by atoms with Crippen LogP contribution in [0.25, 0.3) is 0 Å². The molecule has 2 aliphatic heterocycles. The van der Waals surface area contributed by atoms with Crippen LogP contribution in [0.2, 0.25) is 0 Å². The number of aromatic nitrogens is 1. The molecule has 2 aliphatic rings. The van der Waals surface area contributed by atoms with Gasteiger partial charge in [-0.15, -0.1) is 0 Å². The van der Waals surface area contributed by atoms with Crippen molar-refractivity contribution in [1.82, 2.24) is 10.3 Å². The molecule has 0 aromatic carbocycles. The third-order valence-electron chi connectivity index (χ3n) is 4.01. The van der Waals surface area contributed by atoms with Crippen LogP contribution < -0.4 is 15.1 Å². The van der Waals surface area contributed by atoms with Crippen LogP contribution in [0.5, 0.6) is 0 Å². The molecule has 1 atom stereocenters. The fourth-order valence-corrected chi connectivity index (χ4v) is 3.53. The maximum Gasteiger partial charge on any atom is 0.158 e. The molecule has 1 fully saturated rings. The number of pyridine rings is 1. The lowest BCUT2D eigenvalue weighted by molar-refractivity contribution is 0.653. The van der Waals surface area contributed by atoms with Gasteiger partial charge in [0.25, 0.3) is 0 Å². The summed E-state index contributed by atoms with van der Waals surface area (Å²) >= 11 is 1.57. The van der Waals surface area contributed by atoms with E-state index in [1.54, 1.807) is 11.8 Å². The summed E-state index contributed by atoms with van der Waals surface area (Å²) in [7, 11) is 0. The zero-order valence-corrected chi connectivity index (χ0v) is 14.0. The summed E-state index contributed by atoms with van der Waals surface area (Å²) in [5.41, 5.74) is 2.23. The van der Waals surface area contributed by atoms with Gasteiger partial charge in [0, 0.05) is 18.8 Å². The molecular formula is C17H22N4S. The molecule has 22 heavy (non-hydrogen) atoms. The number of aryl methyl sites for hydroxylation is 1. The minimum absolute atomic E-state index is 0.432. The Kier molecular flexibility index (Phi) is 4.16. The van der Waals surface area contributed by atoms with Crippen LogP contribution >= 0.6 is 11.8 Å². The average molecular weight is 314 g/mol. The van der Waals surface area contributed by atoms with Gasteiger partial charge in [-0.3, -0.25) is 0 Å². The number of anilines is 2. The van der Waals surface area contributed by atoms with E-state index in [2.05, 4.69) is 40.4 Å². The smallest absolute Gasteiger partial charge is 0.158 e. The Labute approximate surface area is 136 Å². The van der Waals surface area contributed by atoms with Crippen LogP contribution in [-0.2, 0) is 0 Å². The van der Waals surface area contributed by atoms with Crippen molar-refractivity contribution in [3.8, 4) is 0 Å². The predicted molar refractivity (Wildman–Crippen MR) is 95.9 cm³/mol. The van der Waals surface area contributed by atoms with E-state index in [1.165, 1.54) is 5.69 Å². The third kappa shape index (κ3) is 2.73. The molecule has 116 valence electrons. The van der Waals surface area contributed by atoms with Gasteiger partial charge in [0.2, 0.25) is 0 Å². The van der Waals surface area contributed by atoms with Gasteiger partial charge in [-0.2, -0.15) is 0 Å². The molecule has 0 radical (unpaired) electrons. The first kappa shape index (κ1) is 15.0. The van der Waals surface area contributed by atoms with E-state index in [1.807, 2.05) is 25.3 Å². The highest BCUT2D eigenvalue weighted by atomic mass is 32.2. The fourth-order valence-electron chi connectivity index (χ4n) is 3.05. The largest absolute Gasteiger partial charge is 0.366 e. The molecule has 0 aliphatic carbocycles. The van der Waals surface area contributed by atoms with Crippen molar-refractivity contribution in [2.24, 2.45) is 0 Å². The Morgan fingerprint density at radius 3 is 3.05 bits per heavy atom. The zero-order valence-electron chi connectivity index (χ0n) is 13.2. The molecule has 0 unspecified atom stereocenters. The summed E-state index contributed by atoms with van der Waals surface area (Å²) in [6, 6.07) is 4.68. The molecule has 0 saturated carbocycles. The van der Waals surface area contributed by atoms with Crippen LogP contribution in [0.3, 0.4) is 0 Å². The average Bonchev–Trinajstić information content (AvgIpc) is 2.89. The van der Waals surface area contributed by atoms with E-state index >= 15 is 0 Å². The molecule has 0 amide bonds. The second-order valence-electron chi connectivity index (χ2n) is 5.64. The van der Waals surface area contributed by atoms with Crippen LogP contribution in [0.15, 0.2) is 47.6 Å². The molecule has 1 aromatic heterocycles. The van der Waals surface area contributed by atoms with Crippen LogP contribution in [0.1, 0.15) is 19.0 Å². The first-order valence-corrected chi connectivity index (χ1v) is 8.42. The summed E-state index contributed by atoms with van der Waals surface area (Å²) < 4.78 is 0. The lowest BCUT2D eigenvalue weighted by Crippen LogP contribution is -2.45. The van der Waals surface area contributed by atoms with E-state index in [9.17, 15) is 0 Å². The van der Waals surface area contributed by atoms with E-state index in [0.29, 0.717) is 6.04 Å². The number of fused-ring (bicyclic) bond motifs is 4. The highest BCUT2D eigenvalue weighted by molar-refractivity contribution is 8.05. The lowest BCUT2D eigenvalue weighted by atomic mass is 10.1.